The van der Waals surface area contributed by atoms with Gasteiger partial charge in [-0.2, -0.15) is 0 Å². The standard InChI is InChI=1S/C62H120O17P2/c1-6-9-12-15-17-19-20-21-22-23-24-25-28-33-38-43-48-62(67)79-58(52-73-60(65)46-41-36-32-29-26-27-30-35-39-44-55(4)5)54-77-81(70,71)75-50-56(63)49-74-80(68,69)76-53-57(51-72-59(64)45-40-34-14-11-8-3)78-61(66)47-42-37-31-18-16-13-10-7-2/h55-58,63H,6-54H2,1-5H3,(H,68,69)(H,70,71)/t56-,57+,58+/m0/s1. The van der Waals surface area contributed by atoms with E-state index in [4.69, 9.17) is 37.0 Å². The van der Waals surface area contributed by atoms with E-state index in [1.54, 1.807) is 0 Å². The number of unbranched alkanes of at least 4 members (excludes halogenated alkanes) is 34. The van der Waals surface area contributed by atoms with Crippen molar-refractivity contribution in [3.63, 3.8) is 0 Å². The Balaban J connectivity index is 5.15. The molecule has 0 rings (SSSR count). The van der Waals surface area contributed by atoms with Crippen molar-refractivity contribution in [1.29, 1.82) is 0 Å². The van der Waals surface area contributed by atoms with E-state index in [0.29, 0.717) is 25.7 Å². The molecule has 0 amide bonds. The van der Waals surface area contributed by atoms with Crippen molar-refractivity contribution < 1.29 is 80.2 Å². The third kappa shape index (κ3) is 56.9. The highest BCUT2D eigenvalue weighted by Gasteiger charge is 2.30. The van der Waals surface area contributed by atoms with Crippen LogP contribution in [0, 0.1) is 5.92 Å². The average Bonchev–Trinajstić information content (AvgIpc) is 3.43. The molecule has 0 heterocycles. The van der Waals surface area contributed by atoms with Gasteiger partial charge in [-0.3, -0.25) is 37.3 Å². The molecular weight excluding hydrogens is 1080 g/mol. The molecule has 0 saturated carbocycles. The van der Waals surface area contributed by atoms with Crippen molar-refractivity contribution >= 4 is 39.5 Å². The highest BCUT2D eigenvalue weighted by molar-refractivity contribution is 7.47. The van der Waals surface area contributed by atoms with Crippen molar-refractivity contribution in [3.05, 3.63) is 0 Å². The maximum atomic E-state index is 13.0. The SMILES string of the molecule is CCCCCCCCCCCCCCCCCCC(=O)O[C@H](COC(=O)CCCCCCCCCCCC(C)C)COP(=O)(O)OC[C@@H](O)COP(=O)(O)OC[C@@H](COC(=O)CCCCCCC)OC(=O)CCCCCCCCCC. The fourth-order valence-corrected chi connectivity index (χ4v) is 10.8. The second-order valence-electron chi connectivity index (χ2n) is 22.9. The summed E-state index contributed by atoms with van der Waals surface area (Å²) in [7, 11) is -9.87. The van der Waals surface area contributed by atoms with Crippen molar-refractivity contribution in [3.8, 4) is 0 Å². The van der Waals surface area contributed by atoms with E-state index in [1.807, 2.05) is 0 Å². The molecule has 0 aliphatic carbocycles. The molecule has 3 N–H and O–H groups in total. The summed E-state index contributed by atoms with van der Waals surface area (Å²) < 4.78 is 67.7. The summed E-state index contributed by atoms with van der Waals surface area (Å²) in [6.45, 7) is 7.05. The molecule has 0 aromatic heterocycles. The molecule has 17 nitrogen and oxygen atoms in total. The number of esters is 4. The molecule has 0 aromatic carbocycles. The van der Waals surface area contributed by atoms with E-state index in [9.17, 15) is 43.2 Å². The molecule has 19 heteroatoms. The van der Waals surface area contributed by atoms with Gasteiger partial charge >= 0.3 is 39.5 Å². The summed E-state index contributed by atoms with van der Waals surface area (Å²) in [6.07, 6.45) is 39.4. The van der Waals surface area contributed by atoms with Crippen LogP contribution in [0.3, 0.4) is 0 Å². The smallest absolute Gasteiger partial charge is 0.462 e. The lowest BCUT2D eigenvalue weighted by atomic mass is 10.0. The van der Waals surface area contributed by atoms with Gasteiger partial charge in [0.25, 0.3) is 0 Å². The first-order valence-electron chi connectivity index (χ1n) is 32.6. The highest BCUT2D eigenvalue weighted by atomic mass is 31.2. The fraction of sp³-hybridized carbons (Fsp3) is 0.935. The Bertz CT molecular complexity index is 1580. The summed E-state index contributed by atoms with van der Waals surface area (Å²) in [5.41, 5.74) is 0. The lowest BCUT2D eigenvalue weighted by Gasteiger charge is -2.21. The number of aliphatic hydroxyl groups is 1. The third-order valence-corrected chi connectivity index (χ3v) is 16.2. The Morgan fingerprint density at radius 1 is 0.333 bits per heavy atom. The van der Waals surface area contributed by atoms with E-state index in [1.165, 1.54) is 122 Å². The predicted molar refractivity (Wildman–Crippen MR) is 322 cm³/mol. The molecular formula is C62H120O17P2. The Kier molecular flexibility index (Phi) is 54.6. The fourth-order valence-electron chi connectivity index (χ4n) is 9.23. The normalized spacial score (nSPS) is 14.3. The summed E-state index contributed by atoms with van der Waals surface area (Å²) in [6, 6.07) is 0. The molecule has 0 fully saturated rings. The molecule has 2 unspecified atom stereocenters. The number of phosphoric acid groups is 2. The molecule has 480 valence electrons. The molecule has 0 bridgehead atoms. The first kappa shape index (κ1) is 79.1. The maximum absolute atomic E-state index is 13.0. The van der Waals surface area contributed by atoms with Gasteiger partial charge in [-0.25, -0.2) is 9.13 Å². The zero-order valence-corrected chi connectivity index (χ0v) is 53.7. The highest BCUT2D eigenvalue weighted by Crippen LogP contribution is 2.45. The van der Waals surface area contributed by atoms with Crippen LogP contribution in [0.5, 0.6) is 0 Å². The number of ether oxygens (including phenoxy) is 4. The van der Waals surface area contributed by atoms with Crippen molar-refractivity contribution in [2.24, 2.45) is 5.92 Å². The Labute approximate surface area is 492 Å². The van der Waals surface area contributed by atoms with Crippen molar-refractivity contribution in [1.82, 2.24) is 0 Å². The Morgan fingerprint density at radius 3 is 0.840 bits per heavy atom. The Hall–Kier alpha value is -1.94. The van der Waals surface area contributed by atoms with Crippen LogP contribution >= 0.6 is 15.6 Å². The maximum Gasteiger partial charge on any atom is 0.472 e. The molecule has 5 atom stereocenters. The summed E-state index contributed by atoms with van der Waals surface area (Å²) in [5, 5.41) is 10.5. The third-order valence-electron chi connectivity index (χ3n) is 14.3. The number of phosphoric ester groups is 2. The second-order valence-corrected chi connectivity index (χ2v) is 25.8. The number of carbonyl (C=O) groups excluding carboxylic acids is 4. The molecule has 81 heavy (non-hydrogen) atoms. The van der Waals surface area contributed by atoms with Crippen LogP contribution in [0.1, 0.15) is 311 Å². The number of carbonyl (C=O) groups is 4. The first-order chi connectivity index (χ1) is 39.0. The molecule has 0 radical (unpaired) electrons. The minimum atomic E-state index is -4.94. The Morgan fingerprint density at radius 2 is 0.568 bits per heavy atom. The number of aliphatic hydroxyl groups excluding tert-OH is 1. The number of rotatable bonds is 62. The van der Waals surface area contributed by atoms with Gasteiger partial charge in [0.15, 0.2) is 12.2 Å². The van der Waals surface area contributed by atoms with Crippen molar-refractivity contribution in [2.75, 3.05) is 39.6 Å². The minimum absolute atomic E-state index is 0.104. The van der Waals surface area contributed by atoms with Gasteiger partial charge in [-0.15, -0.1) is 0 Å². The summed E-state index contributed by atoms with van der Waals surface area (Å²) in [5.74, 6) is -1.40. The van der Waals surface area contributed by atoms with Crippen LogP contribution in [0.15, 0.2) is 0 Å². The molecule has 0 aliphatic heterocycles. The van der Waals surface area contributed by atoms with Gasteiger partial charge in [-0.05, 0) is 31.6 Å². The topological polar surface area (TPSA) is 237 Å². The predicted octanol–water partition coefficient (Wildman–Crippen LogP) is 17.0. The van der Waals surface area contributed by atoms with Crippen LogP contribution in [-0.2, 0) is 65.4 Å². The van der Waals surface area contributed by atoms with Crippen molar-refractivity contribution in [2.45, 2.75) is 329 Å². The van der Waals surface area contributed by atoms with Crippen LogP contribution < -0.4 is 0 Å². The quantitative estimate of drug-likeness (QED) is 0.0222. The van der Waals surface area contributed by atoms with Crippen LogP contribution in [0.25, 0.3) is 0 Å². The van der Waals surface area contributed by atoms with E-state index >= 15 is 0 Å². The lowest BCUT2D eigenvalue weighted by molar-refractivity contribution is -0.161. The summed E-state index contributed by atoms with van der Waals surface area (Å²) in [4.78, 5) is 71.8. The number of hydrogen-bond donors (Lipinski definition) is 3. The van der Waals surface area contributed by atoms with E-state index < -0.39 is 97.5 Å². The van der Waals surface area contributed by atoms with Crippen LogP contribution in [0.2, 0.25) is 0 Å². The van der Waals surface area contributed by atoms with Crippen LogP contribution in [-0.4, -0.2) is 96.7 Å². The van der Waals surface area contributed by atoms with Gasteiger partial charge in [0.2, 0.25) is 0 Å². The molecule has 0 aliphatic rings. The van der Waals surface area contributed by atoms with E-state index in [0.717, 1.165) is 109 Å². The zero-order valence-electron chi connectivity index (χ0n) is 51.9. The second kappa shape index (κ2) is 55.9. The lowest BCUT2D eigenvalue weighted by Crippen LogP contribution is -2.30. The van der Waals surface area contributed by atoms with E-state index in [-0.39, 0.29) is 25.7 Å². The van der Waals surface area contributed by atoms with E-state index in [2.05, 4.69) is 34.6 Å². The molecule has 0 spiro atoms. The minimum Gasteiger partial charge on any atom is -0.462 e. The number of hydrogen-bond acceptors (Lipinski definition) is 15. The largest absolute Gasteiger partial charge is 0.472 e. The van der Waals surface area contributed by atoms with Gasteiger partial charge in [0, 0.05) is 25.7 Å². The molecule has 0 saturated heterocycles. The summed E-state index contributed by atoms with van der Waals surface area (Å²) >= 11 is 0. The van der Waals surface area contributed by atoms with Gasteiger partial charge in [0.05, 0.1) is 26.4 Å². The van der Waals surface area contributed by atoms with Gasteiger partial charge < -0.3 is 33.8 Å². The van der Waals surface area contributed by atoms with Crippen LogP contribution in [0.4, 0.5) is 0 Å². The molecule has 0 aromatic rings. The van der Waals surface area contributed by atoms with Gasteiger partial charge in [0.1, 0.15) is 19.3 Å². The monoisotopic (exact) mass is 1200 g/mol. The average molecular weight is 1200 g/mol. The zero-order chi connectivity index (χ0) is 59.9. The van der Waals surface area contributed by atoms with Gasteiger partial charge in [-0.1, -0.05) is 259 Å². The first-order valence-corrected chi connectivity index (χ1v) is 35.6.